The summed E-state index contributed by atoms with van der Waals surface area (Å²) in [5.41, 5.74) is 0.581. The van der Waals surface area contributed by atoms with E-state index in [2.05, 4.69) is 0 Å². The van der Waals surface area contributed by atoms with Gasteiger partial charge in [0.1, 0.15) is 11.5 Å². The van der Waals surface area contributed by atoms with Gasteiger partial charge in [0.25, 0.3) is 0 Å². The highest BCUT2D eigenvalue weighted by atomic mass is 16.4. The minimum atomic E-state index is -1.03. The minimum Gasteiger partial charge on any atom is -0.508 e. The molecule has 0 unspecified atom stereocenters. The number of aliphatic carboxylic acids is 1. The van der Waals surface area contributed by atoms with Gasteiger partial charge in [0, 0.05) is 11.6 Å². The van der Waals surface area contributed by atoms with Crippen molar-refractivity contribution in [2.75, 3.05) is 0 Å². The van der Waals surface area contributed by atoms with Crippen LogP contribution in [0, 0.1) is 0 Å². The van der Waals surface area contributed by atoms with Crippen molar-refractivity contribution < 1.29 is 20.1 Å². The molecule has 0 saturated heterocycles. The van der Waals surface area contributed by atoms with Crippen LogP contribution in [0.2, 0.25) is 0 Å². The molecule has 4 heteroatoms. The second-order valence-corrected chi connectivity index (χ2v) is 2.92. The first-order valence-corrected chi connectivity index (χ1v) is 3.93. The molecule has 0 heterocycles. The third kappa shape index (κ3) is 2.52. The lowest BCUT2D eigenvalue weighted by atomic mass is 10.1. The number of hydrogen-bond acceptors (Lipinski definition) is 3. The van der Waals surface area contributed by atoms with Gasteiger partial charge in [0.15, 0.2) is 0 Å². The average Bonchev–Trinajstić information content (AvgIpc) is 2.01. The van der Waals surface area contributed by atoms with E-state index in [0.29, 0.717) is 5.56 Å². The van der Waals surface area contributed by atoms with Crippen molar-refractivity contribution in [3.8, 4) is 11.5 Å². The van der Waals surface area contributed by atoms with Crippen molar-refractivity contribution in [1.29, 1.82) is 0 Å². The van der Waals surface area contributed by atoms with Crippen LogP contribution < -0.4 is 0 Å². The Morgan fingerprint density at radius 1 is 1.21 bits per heavy atom. The van der Waals surface area contributed by atoms with Gasteiger partial charge in [-0.1, -0.05) is 0 Å². The maximum absolute atomic E-state index is 10.5. The molecule has 1 aromatic carbocycles. The Bertz CT molecular complexity index is 373. The zero-order valence-corrected chi connectivity index (χ0v) is 7.56. The van der Waals surface area contributed by atoms with E-state index in [1.807, 2.05) is 0 Å². The number of carboxylic acids is 1. The van der Waals surface area contributed by atoms with Crippen molar-refractivity contribution >= 4 is 12.0 Å². The van der Waals surface area contributed by atoms with Gasteiger partial charge in [-0.05, 0) is 30.7 Å². The van der Waals surface area contributed by atoms with Gasteiger partial charge in [0.05, 0.1) is 0 Å². The highest BCUT2D eigenvalue weighted by molar-refractivity contribution is 5.91. The fraction of sp³-hybridized carbons (Fsp3) is 0.100. The highest BCUT2D eigenvalue weighted by Gasteiger charge is 2.01. The second-order valence-electron chi connectivity index (χ2n) is 2.92. The summed E-state index contributed by atoms with van der Waals surface area (Å²) < 4.78 is 0. The van der Waals surface area contributed by atoms with E-state index >= 15 is 0 Å². The lowest BCUT2D eigenvalue weighted by molar-refractivity contribution is -0.132. The zero-order chi connectivity index (χ0) is 10.7. The zero-order valence-electron chi connectivity index (χ0n) is 7.56. The standard InChI is InChI=1S/C10H10O4/c1-6(10(13)14)2-7-3-8(11)5-9(12)4-7/h2-5,11-12H,1H3,(H,13,14)/b6-2+. The summed E-state index contributed by atoms with van der Waals surface area (Å²) in [6, 6.07) is 3.91. The fourth-order valence-corrected chi connectivity index (χ4v) is 1.01. The van der Waals surface area contributed by atoms with Gasteiger partial charge < -0.3 is 15.3 Å². The number of aromatic hydroxyl groups is 2. The van der Waals surface area contributed by atoms with Crippen LogP contribution in [-0.4, -0.2) is 21.3 Å². The quantitative estimate of drug-likeness (QED) is 0.624. The van der Waals surface area contributed by atoms with Gasteiger partial charge in [-0.25, -0.2) is 4.79 Å². The lowest BCUT2D eigenvalue weighted by Gasteiger charge is -1.99. The Kier molecular flexibility index (Phi) is 2.76. The van der Waals surface area contributed by atoms with Crippen LogP contribution in [0.5, 0.6) is 11.5 Å². The summed E-state index contributed by atoms with van der Waals surface area (Å²) in [4.78, 5) is 10.5. The molecular weight excluding hydrogens is 184 g/mol. The first kappa shape index (κ1) is 10.1. The predicted molar refractivity (Wildman–Crippen MR) is 51.1 cm³/mol. The maximum atomic E-state index is 10.5. The number of rotatable bonds is 2. The van der Waals surface area contributed by atoms with Crippen LogP contribution in [0.4, 0.5) is 0 Å². The molecule has 0 aliphatic rings. The number of hydrogen-bond donors (Lipinski definition) is 3. The number of benzene rings is 1. The van der Waals surface area contributed by atoms with E-state index in [9.17, 15) is 4.79 Å². The van der Waals surface area contributed by atoms with E-state index in [4.69, 9.17) is 15.3 Å². The Morgan fingerprint density at radius 2 is 1.71 bits per heavy atom. The van der Waals surface area contributed by atoms with Gasteiger partial charge in [0.2, 0.25) is 0 Å². The Balaban J connectivity index is 3.08. The van der Waals surface area contributed by atoms with Crippen molar-refractivity contribution in [3.05, 3.63) is 29.3 Å². The molecule has 0 aliphatic carbocycles. The Labute approximate surface area is 80.7 Å². The topological polar surface area (TPSA) is 77.8 Å². The maximum Gasteiger partial charge on any atom is 0.331 e. The molecule has 0 amide bonds. The summed E-state index contributed by atoms with van der Waals surface area (Å²) in [7, 11) is 0. The van der Waals surface area contributed by atoms with Crippen molar-refractivity contribution in [1.82, 2.24) is 0 Å². The monoisotopic (exact) mass is 194 g/mol. The largest absolute Gasteiger partial charge is 0.508 e. The van der Waals surface area contributed by atoms with E-state index < -0.39 is 5.97 Å². The van der Waals surface area contributed by atoms with E-state index in [1.54, 1.807) is 0 Å². The molecule has 0 bridgehead atoms. The fourth-order valence-electron chi connectivity index (χ4n) is 1.01. The van der Waals surface area contributed by atoms with Crippen molar-refractivity contribution in [3.63, 3.8) is 0 Å². The summed E-state index contributed by atoms with van der Waals surface area (Å²) >= 11 is 0. The minimum absolute atomic E-state index is 0.102. The molecule has 0 aromatic heterocycles. The molecule has 0 atom stereocenters. The van der Waals surface area contributed by atoms with Crippen LogP contribution in [0.15, 0.2) is 23.8 Å². The van der Waals surface area contributed by atoms with Crippen LogP contribution >= 0.6 is 0 Å². The third-order valence-electron chi connectivity index (χ3n) is 1.65. The summed E-state index contributed by atoms with van der Waals surface area (Å²) in [5.74, 6) is -1.24. The van der Waals surface area contributed by atoms with Crippen molar-refractivity contribution in [2.24, 2.45) is 0 Å². The number of phenolic OH excluding ortho intramolecular Hbond substituents is 2. The summed E-state index contributed by atoms with van der Waals surface area (Å²) in [6.07, 6.45) is 1.36. The predicted octanol–water partition coefficient (Wildman–Crippen LogP) is 1.59. The first-order chi connectivity index (χ1) is 6.49. The van der Waals surface area contributed by atoms with Gasteiger partial charge in [-0.2, -0.15) is 0 Å². The molecule has 4 nitrogen and oxygen atoms in total. The van der Waals surface area contributed by atoms with Crippen molar-refractivity contribution in [2.45, 2.75) is 6.92 Å². The van der Waals surface area contributed by atoms with Crippen LogP contribution in [0.3, 0.4) is 0 Å². The number of phenols is 2. The molecule has 0 fully saturated rings. The van der Waals surface area contributed by atoms with E-state index in [-0.39, 0.29) is 17.1 Å². The molecule has 14 heavy (non-hydrogen) atoms. The second kappa shape index (κ2) is 3.83. The van der Waals surface area contributed by atoms with Gasteiger partial charge >= 0.3 is 5.97 Å². The normalized spacial score (nSPS) is 11.4. The Morgan fingerprint density at radius 3 is 2.14 bits per heavy atom. The summed E-state index contributed by atoms with van der Waals surface area (Å²) in [5, 5.41) is 26.8. The van der Waals surface area contributed by atoms with Crippen LogP contribution in [-0.2, 0) is 4.79 Å². The SMILES string of the molecule is C/C(=C\c1cc(O)cc(O)c1)C(=O)O. The van der Waals surface area contributed by atoms with Crippen LogP contribution in [0.1, 0.15) is 12.5 Å². The molecule has 3 N–H and O–H groups in total. The smallest absolute Gasteiger partial charge is 0.331 e. The molecule has 0 radical (unpaired) electrons. The number of carbonyl (C=O) groups is 1. The summed E-state index contributed by atoms with van der Waals surface area (Å²) in [6.45, 7) is 1.43. The molecule has 0 aliphatic heterocycles. The van der Waals surface area contributed by atoms with Gasteiger partial charge in [-0.3, -0.25) is 0 Å². The lowest BCUT2D eigenvalue weighted by Crippen LogP contribution is -1.95. The molecule has 0 saturated carbocycles. The van der Waals surface area contributed by atoms with E-state index in [0.717, 1.165) is 0 Å². The highest BCUT2D eigenvalue weighted by Crippen LogP contribution is 2.21. The molecule has 1 aromatic rings. The molecule has 74 valence electrons. The Hall–Kier alpha value is -1.97. The molecule has 1 rings (SSSR count). The third-order valence-corrected chi connectivity index (χ3v) is 1.65. The average molecular weight is 194 g/mol. The van der Waals surface area contributed by atoms with Gasteiger partial charge in [-0.15, -0.1) is 0 Å². The van der Waals surface area contributed by atoms with Crippen LogP contribution in [0.25, 0.3) is 6.08 Å². The number of carboxylic acid groups (broad SMARTS) is 1. The van der Waals surface area contributed by atoms with E-state index in [1.165, 1.54) is 31.2 Å². The molecular formula is C10H10O4. The molecule has 0 spiro atoms. The first-order valence-electron chi connectivity index (χ1n) is 3.93.